The molecule has 1 amide bonds. The van der Waals surface area contributed by atoms with Crippen molar-refractivity contribution in [1.82, 2.24) is 5.43 Å². The van der Waals surface area contributed by atoms with E-state index in [9.17, 15) is 14.9 Å². The topological polar surface area (TPSA) is 93.8 Å². The van der Waals surface area contributed by atoms with Gasteiger partial charge in [0.05, 0.1) is 4.92 Å². The quantitative estimate of drug-likeness (QED) is 0.481. The molecule has 2 aromatic carbocycles. The van der Waals surface area contributed by atoms with Gasteiger partial charge in [0.15, 0.2) is 12.4 Å². The maximum Gasteiger partial charge on any atom is 0.310 e. The average Bonchev–Trinajstić information content (AvgIpc) is 2.60. The predicted octanol–water partition coefficient (Wildman–Crippen LogP) is 2.79. The minimum absolute atomic E-state index is 0.0330. The Morgan fingerprint density at radius 1 is 1.17 bits per heavy atom. The number of benzene rings is 2. The van der Waals surface area contributed by atoms with Crippen molar-refractivity contribution in [2.45, 2.75) is 0 Å². The zero-order chi connectivity index (χ0) is 17.2. The number of para-hydroxylation sites is 2. The highest BCUT2D eigenvalue weighted by atomic mass is 16.6. The number of hydrogen-bond donors (Lipinski definition) is 1. The molecule has 0 heterocycles. The maximum absolute atomic E-state index is 11.6. The van der Waals surface area contributed by atoms with Gasteiger partial charge in [-0.15, -0.1) is 0 Å². The van der Waals surface area contributed by atoms with E-state index in [2.05, 4.69) is 10.5 Å². The van der Waals surface area contributed by atoms with Crippen LogP contribution in [0, 0.1) is 10.1 Å². The lowest BCUT2D eigenvalue weighted by Crippen LogP contribution is -2.24. The van der Waals surface area contributed by atoms with Gasteiger partial charge in [0.1, 0.15) is 0 Å². The maximum atomic E-state index is 11.6. The van der Waals surface area contributed by atoms with E-state index in [4.69, 9.17) is 4.74 Å². The molecule has 0 bridgehead atoms. The summed E-state index contributed by atoms with van der Waals surface area (Å²) in [5.41, 5.74) is 3.09. The Hall–Kier alpha value is -3.48. The number of amides is 1. The number of carbonyl (C=O) groups excluding carboxylic acids is 1. The SMILES string of the molecule is O=C(COc1ccccc1[N+](=O)[O-])NN=C/C=C/c1ccccc1. The molecule has 24 heavy (non-hydrogen) atoms. The van der Waals surface area contributed by atoms with Crippen LogP contribution in [0.5, 0.6) is 5.75 Å². The van der Waals surface area contributed by atoms with Gasteiger partial charge in [-0.2, -0.15) is 5.10 Å². The molecule has 122 valence electrons. The number of hydrogen-bond acceptors (Lipinski definition) is 5. The van der Waals surface area contributed by atoms with Gasteiger partial charge in [-0.1, -0.05) is 48.5 Å². The van der Waals surface area contributed by atoms with Crippen LogP contribution in [-0.4, -0.2) is 23.7 Å². The number of carbonyl (C=O) groups is 1. The summed E-state index contributed by atoms with van der Waals surface area (Å²) in [6.45, 7) is -0.370. The fourth-order valence-electron chi connectivity index (χ4n) is 1.78. The molecule has 0 fully saturated rings. The van der Waals surface area contributed by atoms with Crippen molar-refractivity contribution in [1.29, 1.82) is 0 Å². The predicted molar refractivity (Wildman–Crippen MR) is 90.7 cm³/mol. The van der Waals surface area contributed by atoms with Crippen molar-refractivity contribution in [2.24, 2.45) is 5.10 Å². The zero-order valence-corrected chi connectivity index (χ0v) is 12.7. The summed E-state index contributed by atoms with van der Waals surface area (Å²) in [7, 11) is 0. The Balaban J connectivity index is 1.79. The van der Waals surface area contributed by atoms with Gasteiger partial charge in [-0.3, -0.25) is 14.9 Å². The second kappa shape index (κ2) is 8.84. The summed E-state index contributed by atoms with van der Waals surface area (Å²) in [6.07, 6.45) is 4.94. The van der Waals surface area contributed by atoms with Crippen molar-refractivity contribution in [3.8, 4) is 5.75 Å². The molecule has 0 aliphatic heterocycles. The summed E-state index contributed by atoms with van der Waals surface area (Å²) in [5.74, 6) is -0.483. The number of hydrazone groups is 1. The van der Waals surface area contributed by atoms with Crippen LogP contribution >= 0.6 is 0 Å². The van der Waals surface area contributed by atoms with Crippen LogP contribution in [0.15, 0.2) is 65.8 Å². The minimum atomic E-state index is -0.570. The molecule has 0 aliphatic rings. The lowest BCUT2D eigenvalue weighted by molar-refractivity contribution is -0.385. The number of rotatable bonds is 7. The minimum Gasteiger partial charge on any atom is -0.477 e. The van der Waals surface area contributed by atoms with Gasteiger partial charge < -0.3 is 4.74 Å². The van der Waals surface area contributed by atoms with E-state index in [1.54, 1.807) is 12.1 Å². The average molecular weight is 325 g/mol. The Bertz CT molecular complexity index is 757. The molecule has 0 radical (unpaired) electrons. The van der Waals surface area contributed by atoms with E-state index in [0.717, 1.165) is 5.56 Å². The summed E-state index contributed by atoms with van der Waals surface area (Å²) in [6, 6.07) is 15.5. The summed E-state index contributed by atoms with van der Waals surface area (Å²) in [4.78, 5) is 21.8. The van der Waals surface area contributed by atoms with E-state index < -0.39 is 10.8 Å². The molecule has 0 atom stereocenters. The Kier molecular flexibility index (Phi) is 6.22. The number of ether oxygens (including phenoxy) is 1. The molecule has 2 rings (SSSR count). The van der Waals surface area contributed by atoms with Crippen LogP contribution in [0.3, 0.4) is 0 Å². The highest BCUT2D eigenvalue weighted by molar-refractivity contribution is 5.82. The molecule has 0 saturated carbocycles. The lowest BCUT2D eigenvalue weighted by atomic mass is 10.2. The first-order chi connectivity index (χ1) is 11.7. The summed E-state index contributed by atoms with van der Waals surface area (Å²) >= 11 is 0. The number of allylic oxidation sites excluding steroid dienone is 1. The van der Waals surface area contributed by atoms with Crippen molar-refractivity contribution in [2.75, 3.05) is 6.61 Å². The summed E-state index contributed by atoms with van der Waals surface area (Å²) in [5, 5.41) is 14.6. The highest BCUT2D eigenvalue weighted by Crippen LogP contribution is 2.25. The Labute approximate surface area is 138 Å². The fourth-order valence-corrected chi connectivity index (χ4v) is 1.78. The second-order valence-electron chi connectivity index (χ2n) is 4.60. The molecule has 2 aromatic rings. The largest absolute Gasteiger partial charge is 0.477 e. The molecule has 0 aliphatic carbocycles. The van der Waals surface area contributed by atoms with Crippen molar-refractivity contribution < 1.29 is 14.5 Å². The normalized spacial score (nSPS) is 10.8. The third-order valence-electron chi connectivity index (χ3n) is 2.86. The highest BCUT2D eigenvalue weighted by Gasteiger charge is 2.14. The van der Waals surface area contributed by atoms with E-state index in [0.29, 0.717) is 0 Å². The first kappa shape index (κ1) is 16.9. The van der Waals surface area contributed by atoms with Crippen molar-refractivity contribution in [3.63, 3.8) is 0 Å². The Morgan fingerprint density at radius 3 is 2.62 bits per heavy atom. The number of nitrogens with one attached hydrogen (secondary N) is 1. The molecule has 7 nitrogen and oxygen atoms in total. The fraction of sp³-hybridized carbons (Fsp3) is 0.0588. The zero-order valence-electron chi connectivity index (χ0n) is 12.7. The van der Waals surface area contributed by atoms with Crippen LogP contribution < -0.4 is 10.2 Å². The lowest BCUT2D eigenvalue weighted by Gasteiger charge is -2.04. The number of nitro benzene ring substituents is 1. The molecular formula is C17H15N3O4. The first-order valence-electron chi connectivity index (χ1n) is 7.06. The van der Waals surface area contributed by atoms with Crippen LogP contribution in [0.2, 0.25) is 0 Å². The van der Waals surface area contributed by atoms with Gasteiger partial charge in [-0.25, -0.2) is 5.43 Å². The standard InChI is InChI=1S/C17H15N3O4/c21-17(13-24-16-11-5-4-10-15(16)20(22)23)19-18-12-6-9-14-7-2-1-3-8-14/h1-12H,13H2,(H,19,21)/b9-6+,18-12?. The Morgan fingerprint density at radius 2 is 1.88 bits per heavy atom. The van der Waals surface area contributed by atoms with Gasteiger partial charge >= 0.3 is 5.69 Å². The smallest absolute Gasteiger partial charge is 0.310 e. The monoisotopic (exact) mass is 325 g/mol. The second-order valence-corrected chi connectivity index (χ2v) is 4.60. The third-order valence-corrected chi connectivity index (χ3v) is 2.86. The van der Waals surface area contributed by atoms with Crippen LogP contribution in [0.4, 0.5) is 5.69 Å². The first-order valence-corrected chi connectivity index (χ1v) is 7.06. The van der Waals surface area contributed by atoms with Crippen LogP contribution in [0.1, 0.15) is 5.56 Å². The molecule has 0 saturated heterocycles. The van der Waals surface area contributed by atoms with Crippen LogP contribution in [-0.2, 0) is 4.79 Å². The van der Waals surface area contributed by atoms with Gasteiger partial charge in [0, 0.05) is 12.3 Å². The van der Waals surface area contributed by atoms with Gasteiger partial charge in [0.25, 0.3) is 5.91 Å². The van der Waals surface area contributed by atoms with Crippen LogP contribution in [0.25, 0.3) is 6.08 Å². The molecular weight excluding hydrogens is 310 g/mol. The molecule has 0 unspecified atom stereocenters. The summed E-state index contributed by atoms with van der Waals surface area (Å²) < 4.78 is 5.14. The molecule has 0 aromatic heterocycles. The van der Waals surface area contributed by atoms with E-state index >= 15 is 0 Å². The van der Waals surface area contributed by atoms with E-state index in [1.165, 1.54) is 24.4 Å². The third kappa shape index (κ3) is 5.38. The van der Waals surface area contributed by atoms with Crippen molar-refractivity contribution in [3.05, 3.63) is 76.4 Å². The van der Waals surface area contributed by atoms with E-state index in [1.807, 2.05) is 36.4 Å². The van der Waals surface area contributed by atoms with Gasteiger partial charge in [-0.05, 0) is 17.7 Å². The van der Waals surface area contributed by atoms with Crippen molar-refractivity contribution >= 4 is 23.9 Å². The van der Waals surface area contributed by atoms with E-state index in [-0.39, 0.29) is 18.0 Å². The number of nitrogens with zero attached hydrogens (tertiary/aromatic N) is 2. The molecule has 1 N–H and O–H groups in total. The molecule has 7 heteroatoms. The molecule has 0 spiro atoms. The number of nitro groups is 1. The van der Waals surface area contributed by atoms with Gasteiger partial charge in [0.2, 0.25) is 0 Å².